The molecule has 1 aromatic rings. The average Bonchev–Trinajstić information content (AvgIpc) is 2.25. The first-order valence-electron chi connectivity index (χ1n) is 5.01. The van der Waals surface area contributed by atoms with Crippen LogP contribution in [0.3, 0.4) is 0 Å². The largest absolute Gasteiger partial charge is 1.00 e. The lowest BCUT2D eigenvalue weighted by atomic mass is 10.2. The molecular formula is C11H15BrN2O3. The summed E-state index contributed by atoms with van der Waals surface area (Å²) in [6, 6.07) is 3.36. The lowest BCUT2D eigenvalue weighted by Crippen LogP contribution is -3.00. The number of pyridine rings is 1. The van der Waals surface area contributed by atoms with E-state index in [0.29, 0.717) is 5.56 Å². The van der Waals surface area contributed by atoms with Crippen molar-refractivity contribution in [2.45, 2.75) is 13.5 Å². The predicted molar refractivity (Wildman–Crippen MR) is 56.7 cm³/mol. The number of ketones is 1. The summed E-state index contributed by atoms with van der Waals surface area (Å²) in [5.74, 6) is -0.232. The molecule has 0 aliphatic heterocycles. The predicted octanol–water partition coefficient (Wildman–Crippen LogP) is -3.71. The summed E-state index contributed by atoms with van der Waals surface area (Å²) in [5, 5.41) is 11.1. The molecule has 0 radical (unpaired) electrons. The van der Waals surface area contributed by atoms with Crippen molar-refractivity contribution >= 4 is 11.7 Å². The van der Waals surface area contributed by atoms with Gasteiger partial charge in [0.15, 0.2) is 18.2 Å². The van der Waals surface area contributed by atoms with Gasteiger partial charge in [-0.1, -0.05) is 0 Å². The van der Waals surface area contributed by atoms with Gasteiger partial charge in [-0.2, -0.15) is 4.57 Å². The molecule has 0 aliphatic rings. The maximum Gasteiger partial charge on any atom is 0.257 e. The van der Waals surface area contributed by atoms with Gasteiger partial charge < -0.3 is 27.4 Å². The molecule has 0 atom stereocenters. The van der Waals surface area contributed by atoms with Crippen LogP contribution >= 0.6 is 0 Å². The van der Waals surface area contributed by atoms with Crippen LogP contribution in [0.2, 0.25) is 0 Å². The topological polar surface area (TPSA) is 70.3 Å². The highest BCUT2D eigenvalue weighted by atomic mass is 79.9. The maximum atomic E-state index is 11.5. The van der Waals surface area contributed by atoms with Crippen molar-refractivity contribution in [2.24, 2.45) is 0 Å². The van der Waals surface area contributed by atoms with E-state index >= 15 is 0 Å². The van der Waals surface area contributed by atoms with Crippen LogP contribution < -0.4 is 26.9 Å². The minimum absolute atomic E-state index is 0. The third kappa shape index (κ3) is 5.55. The molecule has 0 aromatic carbocycles. The third-order valence-electron chi connectivity index (χ3n) is 1.92. The molecule has 0 spiro atoms. The number of aliphatic hydroxyl groups is 1. The zero-order valence-corrected chi connectivity index (χ0v) is 11.1. The molecule has 2 N–H and O–H groups in total. The molecule has 1 aromatic heterocycles. The average molecular weight is 303 g/mol. The van der Waals surface area contributed by atoms with E-state index in [1.165, 1.54) is 6.92 Å². The smallest absolute Gasteiger partial charge is 0.257 e. The van der Waals surface area contributed by atoms with Crippen molar-refractivity contribution in [2.75, 3.05) is 13.2 Å². The second-order valence-electron chi connectivity index (χ2n) is 3.45. The van der Waals surface area contributed by atoms with Gasteiger partial charge in [0.1, 0.15) is 5.56 Å². The van der Waals surface area contributed by atoms with Crippen molar-refractivity contribution in [1.29, 1.82) is 0 Å². The summed E-state index contributed by atoms with van der Waals surface area (Å²) in [6.07, 6.45) is 3.33. The molecular weight excluding hydrogens is 288 g/mol. The number of hydrogen-bond acceptors (Lipinski definition) is 3. The molecule has 6 heteroatoms. The Bertz CT molecular complexity index is 396. The summed E-state index contributed by atoms with van der Waals surface area (Å²) < 4.78 is 1.65. The fourth-order valence-corrected chi connectivity index (χ4v) is 1.28. The Morgan fingerprint density at radius 3 is 2.76 bits per heavy atom. The fraction of sp³-hybridized carbons (Fsp3) is 0.364. The number of Topliss-reactive ketones (excluding diaryl/α,β-unsaturated/α-hetero) is 1. The second-order valence-corrected chi connectivity index (χ2v) is 3.45. The number of amides is 1. The first kappa shape index (κ1) is 15.7. The van der Waals surface area contributed by atoms with Crippen LogP contribution in [0.15, 0.2) is 24.5 Å². The molecule has 5 nitrogen and oxygen atoms in total. The number of carbonyl (C=O) groups is 2. The van der Waals surface area contributed by atoms with E-state index in [-0.39, 0.29) is 48.4 Å². The molecule has 1 heterocycles. The van der Waals surface area contributed by atoms with Crippen LogP contribution in [0, 0.1) is 0 Å². The highest BCUT2D eigenvalue weighted by molar-refractivity contribution is 5.93. The molecule has 0 fully saturated rings. The molecule has 0 saturated heterocycles. The fourth-order valence-electron chi connectivity index (χ4n) is 1.28. The first-order chi connectivity index (χ1) is 7.63. The molecule has 1 rings (SSSR count). The van der Waals surface area contributed by atoms with Gasteiger partial charge in [-0.15, -0.1) is 0 Å². The van der Waals surface area contributed by atoms with Crippen molar-refractivity contribution in [3.8, 4) is 0 Å². The van der Waals surface area contributed by atoms with E-state index in [0.717, 1.165) is 0 Å². The van der Waals surface area contributed by atoms with E-state index in [9.17, 15) is 9.59 Å². The highest BCUT2D eigenvalue weighted by Gasteiger charge is 2.10. The second kappa shape index (κ2) is 7.92. The summed E-state index contributed by atoms with van der Waals surface area (Å²) in [6.45, 7) is 1.87. The quantitative estimate of drug-likeness (QED) is 0.550. The number of carbonyl (C=O) groups excluding carboxylic acids is 2. The van der Waals surface area contributed by atoms with Gasteiger partial charge in [0.25, 0.3) is 5.91 Å². The zero-order chi connectivity index (χ0) is 12.0. The van der Waals surface area contributed by atoms with E-state index < -0.39 is 0 Å². The Balaban J connectivity index is 0.00000256. The van der Waals surface area contributed by atoms with Gasteiger partial charge in [-0.25, -0.2) is 0 Å². The first-order valence-corrected chi connectivity index (χ1v) is 5.01. The van der Waals surface area contributed by atoms with E-state index in [1.54, 1.807) is 29.1 Å². The lowest BCUT2D eigenvalue weighted by molar-refractivity contribution is -0.684. The Morgan fingerprint density at radius 1 is 1.47 bits per heavy atom. The number of halogens is 1. The van der Waals surface area contributed by atoms with Gasteiger partial charge in [-0.05, 0) is 6.07 Å². The zero-order valence-electron chi connectivity index (χ0n) is 9.52. The summed E-state index contributed by atoms with van der Waals surface area (Å²) >= 11 is 0. The summed E-state index contributed by atoms with van der Waals surface area (Å²) in [7, 11) is 0. The van der Waals surface area contributed by atoms with Crippen LogP contribution in [-0.2, 0) is 11.3 Å². The SMILES string of the molecule is CC(=O)C[n+]1cccc(C(=O)NCCO)c1.[Br-]. The number of nitrogens with zero attached hydrogens (tertiary/aromatic N) is 1. The van der Waals surface area contributed by atoms with Gasteiger partial charge in [-0.3, -0.25) is 9.59 Å². The van der Waals surface area contributed by atoms with E-state index in [2.05, 4.69) is 5.32 Å². The van der Waals surface area contributed by atoms with E-state index in [4.69, 9.17) is 5.11 Å². The van der Waals surface area contributed by atoms with Crippen LogP contribution in [0.4, 0.5) is 0 Å². The van der Waals surface area contributed by atoms with Gasteiger partial charge >= 0.3 is 0 Å². The number of hydrogen-bond donors (Lipinski definition) is 2. The van der Waals surface area contributed by atoms with Gasteiger partial charge in [0.05, 0.1) is 6.61 Å². The summed E-state index contributed by atoms with van der Waals surface area (Å²) in [5.41, 5.74) is 0.470. The van der Waals surface area contributed by atoms with Crippen LogP contribution in [0.1, 0.15) is 17.3 Å². The number of aliphatic hydroxyl groups excluding tert-OH is 1. The maximum absolute atomic E-state index is 11.5. The standard InChI is InChI=1S/C11H14N2O3.BrH/c1-9(15)7-13-5-2-3-10(8-13)11(16)12-4-6-14;/h2-3,5,8,14H,4,6-7H2,1H3;1H. The van der Waals surface area contributed by atoms with Crippen molar-refractivity contribution in [3.63, 3.8) is 0 Å². The molecule has 0 bridgehead atoms. The Morgan fingerprint density at radius 2 is 2.18 bits per heavy atom. The molecule has 0 aliphatic carbocycles. The highest BCUT2D eigenvalue weighted by Crippen LogP contribution is 1.93. The normalized spacial score (nSPS) is 9.29. The van der Waals surface area contributed by atoms with Crippen LogP contribution in [0.25, 0.3) is 0 Å². The Labute approximate surface area is 110 Å². The molecule has 1 amide bonds. The minimum atomic E-state index is -0.257. The number of nitrogens with one attached hydrogen (secondary N) is 1. The van der Waals surface area contributed by atoms with Gasteiger partial charge in [0, 0.05) is 19.5 Å². The molecule has 0 saturated carbocycles. The Hall–Kier alpha value is -1.27. The van der Waals surface area contributed by atoms with Crippen molar-refractivity contribution in [3.05, 3.63) is 30.1 Å². The third-order valence-corrected chi connectivity index (χ3v) is 1.92. The van der Waals surface area contributed by atoms with Crippen molar-refractivity contribution in [1.82, 2.24) is 5.32 Å². The Kier molecular flexibility index (Phi) is 7.32. The van der Waals surface area contributed by atoms with Gasteiger partial charge in [0.2, 0.25) is 6.54 Å². The van der Waals surface area contributed by atoms with Crippen molar-refractivity contribution < 1.29 is 36.2 Å². The van der Waals surface area contributed by atoms with E-state index in [1.807, 2.05) is 0 Å². The molecule has 94 valence electrons. The van der Waals surface area contributed by atoms with Crippen LogP contribution in [-0.4, -0.2) is 29.9 Å². The summed E-state index contributed by atoms with van der Waals surface area (Å²) in [4.78, 5) is 22.4. The monoisotopic (exact) mass is 302 g/mol. The van der Waals surface area contributed by atoms with Crippen LogP contribution in [0.5, 0.6) is 0 Å². The minimum Gasteiger partial charge on any atom is -1.00 e. The lowest BCUT2D eigenvalue weighted by Gasteiger charge is -2.01. The number of aromatic nitrogens is 1. The molecule has 0 unspecified atom stereocenters. The number of rotatable bonds is 5. The molecule has 17 heavy (non-hydrogen) atoms.